The van der Waals surface area contributed by atoms with Crippen LogP contribution in [0.25, 0.3) is 0 Å². The second-order valence-corrected chi connectivity index (χ2v) is 9.65. The zero-order valence-electron chi connectivity index (χ0n) is 19.8. The molecule has 1 aliphatic rings. The van der Waals surface area contributed by atoms with Crippen molar-refractivity contribution in [2.24, 2.45) is 0 Å². The summed E-state index contributed by atoms with van der Waals surface area (Å²) in [6, 6.07) is 27.3. The molecule has 4 rings (SSSR count). The van der Waals surface area contributed by atoms with Crippen molar-refractivity contribution in [1.29, 1.82) is 0 Å². The van der Waals surface area contributed by atoms with Crippen LogP contribution in [0.3, 0.4) is 0 Å². The van der Waals surface area contributed by atoms with E-state index in [0.717, 1.165) is 62.0 Å². The van der Waals surface area contributed by atoms with Gasteiger partial charge in [0.15, 0.2) is 0 Å². The van der Waals surface area contributed by atoms with Crippen LogP contribution >= 0.6 is 11.6 Å². The maximum absolute atomic E-state index is 6.57. The van der Waals surface area contributed by atoms with Crippen LogP contribution in [-0.2, 0) is 6.54 Å². The predicted molar refractivity (Wildman–Crippen MR) is 138 cm³/mol. The fourth-order valence-corrected chi connectivity index (χ4v) is 4.68. The van der Waals surface area contributed by atoms with Gasteiger partial charge in [-0.1, -0.05) is 86.1 Å². The molecule has 0 amide bonds. The number of rotatable bonds is 9. The Bertz CT molecular complexity index is 982. The third kappa shape index (κ3) is 6.83. The fraction of sp³-hybridized carbons (Fsp3) is 0.379. The van der Waals surface area contributed by atoms with Gasteiger partial charge < -0.3 is 9.64 Å². The lowest BCUT2D eigenvalue weighted by Gasteiger charge is -2.35. The van der Waals surface area contributed by atoms with Gasteiger partial charge in [-0.25, -0.2) is 0 Å². The van der Waals surface area contributed by atoms with Gasteiger partial charge >= 0.3 is 0 Å². The molecule has 3 aromatic carbocycles. The van der Waals surface area contributed by atoms with Crippen LogP contribution < -0.4 is 4.74 Å². The minimum atomic E-state index is -0.0639. The van der Waals surface area contributed by atoms with Gasteiger partial charge in [-0.15, -0.1) is 0 Å². The summed E-state index contributed by atoms with van der Waals surface area (Å²) in [6.45, 7) is 10.8. The molecule has 0 aromatic heterocycles. The molecule has 1 aliphatic heterocycles. The molecule has 0 spiro atoms. The van der Waals surface area contributed by atoms with Crippen LogP contribution in [0.2, 0.25) is 5.02 Å². The zero-order valence-corrected chi connectivity index (χ0v) is 20.5. The average Bonchev–Trinajstić information content (AvgIpc) is 2.84. The lowest BCUT2D eigenvalue weighted by molar-refractivity contribution is 0.107. The van der Waals surface area contributed by atoms with E-state index in [1.54, 1.807) is 0 Å². The molecule has 4 heteroatoms. The Morgan fingerprint density at radius 3 is 2.09 bits per heavy atom. The summed E-state index contributed by atoms with van der Waals surface area (Å²) >= 11 is 6.57. The summed E-state index contributed by atoms with van der Waals surface area (Å²) in [5, 5.41) is 0.772. The van der Waals surface area contributed by atoms with Crippen LogP contribution in [-0.4, -0.2) is 42.5 Å². The lowest BCUT2D eigenvalue weighted by atomic mass is 10.0. The van der Waals surface area contributed by atoms with E-state index >= 15 is 0 Å². The number of piperazine rings is 1. The van der Waals surface area contributed by atoms with Gasteiger partial charge in [-0.3, -0.25) is 4.90 Å². The van der Waals surface area contributed by atoms with Crippen molar-refractivity contribution in [3.63, 3.8) is 0 Å². The molecule has 0 radical (unpaired) electrons. The lowest BCUT2D eigenvalue weighted by Crippen LogP contribution is -2.46. The Hall–Kier alpha value is -2.33. The van der Waals surface area contributed by atoms with Crippen LogP contribution in [0.1, 0.15) is 49.0 Å². The van der Waals surface area contributed by atoms with E-state index < -0.39 is 0 Å². The minimum absolute atomic E-state index is 0.0639. The standard InChI is InChI=1S/C29H35ClN2O/c1-23(2)25-12-14-26(15-13-25)33-29(27-10-6-7-11-28(27)30)16-17-31-18-20-32(21-19-31)22-24-8-4-3-5-9-24/h3-15,23,29H,16-22H2,1-2H3. The summed E-state index contributed by atoms with van der Waals surface area (Å²) in [4.78, 5) is 5.10. The van der Waals surface area contributed by atoms with Gasteiger partial charge in [0.2, 0.25) is 0 Å². The third-order valence-corrected chi connectivity index (χ3v) is 6.84. The smallest absolute Gasteiger partial charge is 0.126 e. The molecule has 174 valence electrons. The zero-order chi connectivity index (χ0) is 23.0. The molecule has 1 saturated heterocycles. The molecule has 1 fully saturated rings. The van der Waals surface area contributed by atoms with Crippen LogP contribution in [0, 0.1) is 0 Å². The fourth-order valence-electron chi connectivity index (χ4n) is 4.42. The molecule has 33 heavy (non-hydrogen) atoms. The van der Waals surface area contributed by atoms with E-state index in [1.807, 2.05) is 18.2 Å². The molecule has 3 aromatic rings. The van der Waals surface area contributed by atoms with Gasteiger partial charge in [0, 0.05) is 56.3 Å². The number of hydrogen-bond acceptors (Lipinski definition) is 3. The van der Waals surface area contributed by atoms with Crippen molar-refractivity contribution in [3.8, 4) is 5.75 Å². The molecule has 0 saturated carbocycles. The monoisotopic (exact) mass is 462 g/mol. The Morgan fingerprint density at radius 1 is 0.788 bits per heavy atom. The minimum Gasteiger partial charge on any atom is -0.486 e. The van der Waals surface area contributed by atoms with E-state index in [2.05, 4.69) is 84.3 Å². The van der Waals surface area contributed by atoms with E-state index in [-0.39, 0.29) is 6.10 Å². The van der Waals surface area contributed by atoms with Gasteiger partial charge in [0.25, 0.3) is 0 Å². The number of halogens is 1. The highest BCUT2D eigenvalue weighted by Gasteiger charge is 2.21. The Kier molecular flexibility index (Phi) is 8.44. The van der Waals surface area contributed by atoms with E-state index in [1.165, 1.54) is 11.1 Å². The van der Waals surface area contributed by atoms with Gasteiger partial charge in [-0.05, 0) is 35.2 Å². The molecule has 1 heterocycles. The first-order valence-corrected chi connectivity index (χ1v) is 12.5. The Balaban J connectivity index is 1.35. The van der Waals surface area contributed by atoms with Crippen molar-refractivity contribution in [2.45, 2.75) is 38.8 Å². The van der Waals surface area contributed by atoms with Crippen LogP contribution in [0.5, 0.6) is 5.75 Å². The summed E-state index contributed by atoms with van der Waals surface area (Å²) in [6.07, 6.45) is 0.847. The maximum atomic E-state index is 6.57. The topological polar surface area (TPSA) is 15.7 Å². The van der Waals surface area contributed by atoms with Gasteiger partial charge in [0.05, 0.1) is 0 Å². The second-order valence-electron chi connectivity index (χ2n) is 9.24. The maximum Gasteiger partial charge on any atom is 0.126 e. The summed E-state index contributed by atoms with van der Waals surface area (Å²) in [5.41, 5.74) is 3.78. The van der Waals surface area contributed by atoms with Gasteiger partial charge in [-0.2, -0.15) is 0 Å². The molecule has 3 nitrogen and oxygen atoms in total. The molecule has 1 unspecified atom stereocenters. The number of nitrogens with zero attached hydrogens (tertiary/aromatic N) is 2. The highest BCUT2D eigenvalue weighted by Crippen LogP contribution is 2.31. The predicted octanol–water partition coefficient (Wildman–Crippen LogP) is 6.79. The van der Waals surface area contributed by atoms with Crippen molar-refractivity contribution in [3.05, 3.63) is 101 Å². The van der Waals surface area contributed by atoms with Crippen LogP contribution in [0.15, 0.2) is 78.9 Å². The van der Waals surface area contributed by atoms with Crippen LogP contribution in [0.4, 0.5) is 0 Å². The highest BCUT2D eigenvalue weighted by molar-refractivity contribution is 6.31. The molecule has 0 N–H and O–H groups in total. The quantitative estimate of drug-likeness (QED) is 0.348. The SMILES string of the molecule is CC(C)c1ccc(OC(CCN2CCN(Cc3ccccc3)CC2)c2ccccc2Cl)cc1. The first kappa shape index (κ1) is 23.8. The highest BCUT2D eigenvalue weighted by atomic mass is 35.5. The first-order chi connectivity index (χ1) is 16.1. The first-order valence-electron chi connectivity index (χ1n) is 12.1. The molecular formula is C29H35ClN2O. The average molecular weight is 463 g/mol. The molecule has 0 bridgehead atoms. The Labute approximate surface area is 203 Å². The number of benzene rings is 3. The summed E-state index contributed by atoms with van der Waals surface area (Å²) in [5.74, 6) is 1.41. The molecule has 1 atom stereocenters. The summed E-state index contributed by atoms with van der Waals surface area (Å²) in [7, 11) is 0. The normalized spacial score (nSPS) is 16.1. The Morgan fingerprint density at radius 2 is 1.42 bits per heavy atom. The van der Waals surface area contributed by atoms with Gasteiger partial charge in [0.1, 0.15) is 11.9 Å². The number of hydrogen-bond donors (Lipinski definition) is 0. The van der Waals surface area contributed by atoms with E-state index in [0.29, 0.717) is 5.92 Å². The van der Waals surface area contributed by atoms with Crippen molar-refractivity contribution < 1.29 is 4.74 Å². The third-order valence-electron chi connectivity index (χ3n) is 6.50. The van der Waals surface area contributed by atoms with Crippen molar-refractivity contribution in [1.82, 2.24) is 9.80 Å². The van der Waals surface area contributed by atoms with Crippen molar-refractivity contribution >= 4 is 11.6 Å². The number of ether oxygens (including phenoxy) is 1. The molecular weight excluding hydrogens is 428 g/mol. The van der Waals surface area contributed by atoms with E-state index in [4.69, 9.17) is 16.3 Å². The molecule has 0 aliphatic carbocycles. The largest absolute Gasteiger partial charge is 0.486 e. The second kappa shape index (κ2) is 11.7. The van der Waals surface area contributed by atoms with Crippen molar-refractivity contribution in [2.75, 3.05) is 32.7 Å². The summed E-state index contributed by atoms with van der Waals surface area (Å²) < 4.78 is 6.49. The van der Waals surface area contributed by atoms with E-state index in [9.17, 15) is 0 Å².